The summed E-state index contributed by atoms with van der Waals surface area (Å²) in [5, 5.41) is 28.1. The molecule has 9 nitrogen and oxygen atoms in total. The third-order valence-corrected chi connectivity index (χ3v) is 3.94. The predicted molar refractivity (Wildman–Crippen MR) is 93.0 cm³/mol. The van der Waals surface area contributed by atoms with Gasteiger partial charge in [0.1, 0.15) is 18.3 Å². The van der Waals surface area contributed by atoms with E-state index in [2.05, 4.69) is 20.9 Å². The van der Waals surface area contributed by atoms with Gasteiger partial charge in [-0.05, 0) is 25.5 Å². The first-order chi connectivity index (χ1) is 12.4. The monoisotopic (exact) mass is 366 g/mol. The minimum atomic E-state index is -1.20. The molecule has 0 radical (unpaired) electrons. The van der Waals surface area contributed by atoms with Gasteiger partial charge in [0.2, 0.25) is 5.91 Å². The van der Waals surface area contributed by atoms with Crippen molar-refractivity contribution in [2.75, 3.05) is 6.54 Å². The van der Waals surface area contributed by atoms with Gasteiger partial charge in [0, 0.05) is 31.5 Å². The van der Waals surface area contributed by atoms with Crippen LogP contribution in [0.2, 0.25) is 0 Å². The molecule has 3 amide bonds. The van der Waals surface area contributed by atoms with Gasteiger partial charge in [-0.2, -0.15) is 0 Å². The Morgan fingerprint density at radius 3 is 2.62 bits per heavy atom. The Morgan fingerprint density at radius 2 is 1.96 bits per heavy atom. The van der Waals surface area contributed by atoms with Crippen molar-refractivity contribution in [1.82, 2.24) is 20.9 Å². The minimum absolute atomic E-state index is 0.0220. The average Bonchev–Trinajstić information content (AvgIpc) is 2.86. The van der Waals surface area contributed by atoms with Gasteiger partial charge in [0.25, 0.3) is 0 Å². The lowest BCUT2D eigenvalue weighted by atomic mass is 10.1. The molecule has 1 saturated heterocycles. The highest BCUT2D eigenvalue weighted by atomic mass is 16.5. The Morgan fingerprint density at radius 1 is 1.23 bits per heavy atom. The molecule has 0 aliphatic carbocycles. The number of rotatable bonds is 7. The first-order valence-corrected chi connectivity index (χ1v) is 8.58. The molecule has 2 heterocycles. The Hall–Kier alpha value is -2.23. The summed E-state index contributed by atoms with van der Waals surface area (Å²) in [6.07, 6.45) is -0.782. The van der Waals surface area contributed by atoms with Crippen LogP contribution in [-0.2, 0) is 16.1 Å². The fourth-order valence-corrected chi connectivity index (χ4v) is 2.63. The fourth-order valence-electron chi connectivity index (χ4n) is 2.63. The van der Waals surface area contributed by atoms with E-state index in [0.717, 1.165) is 5.56 Å². The van der Waals surface area contributed by atoms with E-state index in [1.807, 2.05) is 19.9 Å². The van der Waals surface area contributed by atoms with Crippen LogP contribution in [0, 0.1) is 0 Å². The number of carbonyl (C=O) groups is 2. The number of urea groups is 1. The highest BCUT2D eigenvalue weighted by Gasteiger charge is 2.43. The number of aliphatic hydroxyl groups excluding tert-OH is 2. The lowest BCUT2D eigenvalue weighted by Crippen LogP contribution is -2.45. The number of carbonyl (C=O) groups excluding carboxylic acids is 2. The van der Waals surface area contributed by atoms with E-state index in [9.17, 15) is 19.8 Å². The van der Waals surface area contributed by atoms with E-state index in [1.54, 1.807) is 18.5 Å². The van der Waals surface area contributed by atoms with Crippen molar-refractivity contribution in [3.05, 3.63) is 30.1 Å². The third-order valence-electron chi connectivity index (χ3n) is 3.94. The molecule has 26 heavy (non-hydrogen) atoms. The van der Waals surface area contributed by atoms with Gasteiger partial charge in [-0.25, -0.2) is 4.79 Å². The Balaban J connectivity index is 1.77. The van der Waals surface area contributed by atoms with E-state index < -0.39 is 24.4 Å². The number of nitrogens with one attached hydrogen (secondary N) is 3. The maximum Gasteiger partial charge on any atom is 0.315 e. The molecule has 1 aliphatic rings. The molecule has 1 aromatic rings. The number of hydrogen-bond acceptors (Lipinski definition) is 6. The first kappa shape index (κ1) is 20.1. The molecule has 9 heteroatoms. The SMILES string of the molecule is CC(C)NC(=O)NCC1OC(CC(=O)NCc2cccnc2)C(O)C1O. The maximum absolute atomic E-state index is 12.0. The standard InChI is InChI=1S/C17H26N4O5/c1-10(2)21-17(25)20-9-13-16(24)15(23)12(26-13)6-14(22)19-8-11-4-3-5-18-7-11/h3-5,7,10,12-13,15-16,23-24H,6,8-9H2,1-2H3,(H,19,22)(H2,20,21,25). The van der Waals surface area contributed by atoms with Crippen LogP contribution in [0.15, 0.2) is 24.5 Å². The molecule has 1 fully saturated rings. The van der Waals surface area contributed by atoms with E-state index in [1.165, 1.54) is 0 Å². The lowest BCUT2D eigenvalue weighted by molar-refractivity contribution is -0.125. The largest absolute Gasteiger partial charge is 0.388 e. The van der Waals surface area contributed by atoms with Crippen LogP contribution in [0.1, 0.15) is 25.8 Å². The maximum atomic E-state index is 12.0. The number of amides is 3. The summed E-state index contributed by atoms with van der Waals surface area (Å²) < 4.78 is 5.55. The van der Waals surface area contributed by atoms with Crippen molar-refractivity contribution < 1.29 is 24.5 Å². The highest BCUT2D eigenvalue weighted by Crippen LogP contribution is 2.23. The average molecular weight is 366 g/mol. The molecular weight excluding hydrogens is 340 g/mol. The van der Waals surface area contributed by atoms with E-state index in [4.69, 9.17) is 4.74 Å². The molecule has 1 aliphatic heterocycles. The summed E-state index contributed by atoms with van der Waals surface area (Å²) in [5.41, 5.74) is 0.854. The van der Waals surface area contributed by atoms with Crippen molar-refractivity contribution >= 4 is 11.9 Å². The normalized spacial score (nSPS) is 25.1. The number of aliphatic hydroxyl groups is 2. The molecule has 2 rings (SSSR count). The van der Waals surface area contributed by atoms with Crippen LogP contribution >= 0.6 is 0 Å². The molecule has 0 spiro atoms. The molecule has 0 bridgehead atoms. The van der Waals surface area contributed by atoms with Gasteiger partial charge < -0.3 is 30.9 Å². The molecule has 4 unspecified atom stereocenters. The topological polar surface area (TPSA) is 133 Å². The number of ether oxygens (including phenoxy) is 1. The number of hydrogen-bond donors (Lipinski definition) is 5. The first-order valence-electron chi connectivity index (χ1n) is 8.58. The van der Waals surface area contributed by atoms with E-state index >= 15 is 0 Å². The van der Waals surface area contributed by atoms with Crippen molar-refractivity contribution in [1.29, 1.82) is 0 Å². The summed E-state index contributed by atoms with van der Waals surface area (Å²) in [4.78, 5) is 27.6. The zero-order valence-corrected chi connectivity index (χ0v) is 14.9. The van der Waals surface area contributed by atoms with Crippen molar-refractivity contribution in [3.63, 3.8) is 0 Å². The van der Waals surface area contributed by atoms with Gasteiger partial charge in [0.15, 0.2) is 0 Å². The number of pyridine rings is 1. The Kier molecular flexibility index (Phi) is 7.31. The molecule has 144 valence electrons. The summed E-state index contributed by atoms with van der Waals surface area (Å²) in [6.45, 7) is 4.00. The molecule has 4 atom stereocenters. The van der Waals surface area contributed by atoms with Crippen molar-refractivity contribution in [3.8, 4) is 0 Å². The molecule has 5 N–H and O–H groups in total. The third kappa shape index (κ3) is 5.94. The van der Waals surface area contributed by atoms with Gasteiger partial charge in [0.05, 0.1) is 12.5 Å². The minimum Gasteiger partial charge on any atom is -0.388 e. The zero-order chi connectivity index (χ0) is 19.1. The van der Waals surface area contributed by atoms with Crippen LogP contribution in [0.25, 0.3) is 0 Å². The second-order valence-corrected chi connectivity index (χ2v) is 6.55. The van der Waals surface area contributed by atoms with E-state index in [0.29, 0.717) is 6.54 Å². The van der Waals surface area contributed by atoms with Gasteiger partial charge >= 0.3 is 6.03 Å². The van der Waals surface area contributed by atoms with Gasteiger partial charge in [-0.3, -0.25) is 9.78 Å². The molecular formula is C17H26N4O5. The second kappa shape index (κ2) is 9.46. The summed E-state index contributed by atoms with van der Waals surface area (Å²) >= 11 is 0. The quantitative estimate of drug-likeness (QED) is 0.433. The van der Waals surface area contributed by atoms with Crippen molar-refractivity contribution in [2.24, 2.45) is 0 Å². The van der Waals surface area contributed by atoms with Crippen molar-refractivity contribution in [2.45, 2.75) is 57.3 Å². The summed E-state index contributed by atoms with van der Waals surface area (Å²) in [5.74, 6) is -0.309. The lowest BCUT2D eigenvalue weighted by Gasteiger charge is -2.16. The fraction of sp³-hybridized carbons (Fsp3) is 0.588. The zero-order valence-electron chi connectivity index (χ0n) is 14.9. The second-order valence-electron chi connectivity index (χ2n) is 6.55. The Labute approximate surface area is 152 Å². The highest BCUT2D eigenvalue weighted by molar-refractivity contribution is 5.76. The van der Waals surface area contributed by atoms with E-state index in [-0.39, 0.29) is 30.9 Å². The summed E-state index contributed by atoms with van der Waals surface area (Å²) in [7, 11) is 0. The molecule has 1 aromatic heterocycles. The smallest absolute Gasteiger partial charge is 0.315 e. The summed E-state index contributed by atoms with van der Waals surface area (Å²) in [6, 6.07) is 3.20. The van der Waals surface area contributed by atoms with Crippen LogP contribution < -0.4 is 16.0 Å². The number of aromatic nitrogens is 1. The van der Waals surface area contributed by atoms with Crippen LogP contribution in [-0.4, -0.2) is 64.1 Å². The number of nitrogens with zero attached hydrogens (tertiary/aromatic N) is 1. The predicted octanol–water partition coefficient (Wildman–Crippen LogP) is -0.715. The van der Waals surface area contributed by atoms with Gasteiger partial charge in [-0.15, -0.1) is 0 Å². The Bertz CT molecular complexity index is 598. The van der Waals surface area contributed by atoms with Gasteiger partial charge in [-0.1, -0.05) is 6.07 Å². The molecule has 0 saturated carbocycles. The van der Waals surface area contributed by atoms with Crippen LogP contribution in [0.4, 0.5) is 4.79 Å². The van der Waals surface area contributed by atoms with Crippen LogP contribution in [0.3, 0.4) is 0 Å². The molecule has 0 aromatic carbocycles. The van der Waals surface area contributed by atoms with Crippen LogP contribution in [0.5, 0.6) is 0 Å².